The van der Waals surface area contributed by atoms with Crippen LogP contribution in [0.4, 0.5) is 5.88 Å². The fraction of sp³-hybridized carbons (Fsp3) is 0.438. The van der Waals surface area contributed by atoms with Gasteiger partial charge in [0.05, 0.1) is 11.3 Å². The van der Waals surface area contributed by atoms with Gasteiger partial charge < -0.3 is 10.3 Å². The van der Waals surface area contributed by atoms with Crippen LogP contribution in [0.3, 0.4) is 0 Å². The zero-order chi connectivity index (χ0) is 14.9. The van der Waals surface area contributed by atoms with Crippen LogP contribution >= 0.6 is 15.9 Å². The molecule has 3 nitrogen and oxygen atoms in total. The van der Waals surface area contributed by atoms with Gasteiger partial charge in [-0.05, 0) is 23.8 Å². The molecule has 108 valence electrons. The van der Waals surface area contributed by atoms with Crippen molar-refractivity contribution in [3.05, 3.63) is 34.4 Å². The second-order valence-corrected chi connectivity index (χ2v) is 7.17. The summed E-state index contributed by atoms with van der Waals surface area (Å²) in [5.41, 5.74) is 9.07. The molecular weight excluding hydrogens is 316 g/mol. The molecule has 0 aliphatic heterocycles. The molecule has 1 unspecified atom stereocenters. The van der Waals surface area contributed by atoms with Gasteiger partial charge in [0.25, 0.3) is 0 Å². The smallest absolute Gasteiger partial charge is 0.230 e. The lowest BCUT2D eigenvalue weighted by atomic mass is 9.79. The van der Waals surface area contributed by atoms with E-state index < -0.39 is 0 Å². The molecule has 0 aliphatic rings. The number of aromatic nitrogens is 1. The molecule has 1 atom stereocenters. The first kappa shape index (κ1) is 15.1. The van der Waals surface area contributed by atoms with Crippen LogP contribution in [0.5, 0.6) is 0 Å². The van der Waals surface area contributed by atoms with Crippen LogP contribution in [0.15, 0.2) is 33.3 Å². The van der Waals surface area contributed by atoms with E-state index in [0.29, 0.717) is 11.8 Å². The summed E-state index contributed by atoms with van der Waals surface area (Å²) in [6.07, 6.45) is 0.848. The monoisotopic (exact) mass is 336 g/mol. The third-order valence-electron chi connectivity index (χ3n) is 3.91. The van der Waals surface area contributed by atoms with Crippen LogP contribution in [0.25, 0.3) is 11.1 Å². The van der Waals surface area contributed by atoms with E-state index in [1.54, 1.807) is 0 Å². The Balaban J connectivity index is 2.41. The van der Waals surface area contributed by atoms with Gasteiger partial charge in [0.15, 0.2) is 0 Å². The number of halogens is 1. The maximum atomic E-state index is 5.98. The second-order valence-electron chi connectivity index (χ2n) is 6.32. The summed E-state index contributed by atoms with van der Waals surface area (Å²) in [5, 5.41) is 4.17. The van der Waals surface area contributed by atoms with Crippen LogP contribution in [0.1, 0.15) is 33.4 Å². The highest BCUT2D eigenvalue weighted by molar-refractivity contribution is 9.10. The summed E-state index contributed by atoms with van der Waals surface area (Å²) in [4.78, 5) is 0. The molecule has 0 fully saturated rings. The fourth-order valence-electron chi connectivity index (χ4n) is 2.03. The largest absolute Gasteiger partial charge is 0.367 e. The highest BCUT2D eigenvalue weighted by atomic mass is 79.9. The molecule has 4 heteroatoms. The first-order valence-electron chi connectivity index (χ1n) is 6.79. The third kappa shape index (κ3) is 3.06. The second kappa shape index (κ2) is 5.60. The minimum Gasteiger partial charge on any atom is -0.367 e. The van der Waals surface area contributed by atoms with E-state index in [4.69, 9.17) is 10.3 Å². The predicted octanol–water partition coefficient (Wildman–Crippen LogP) is 4.91. The number of benzene rings is 1. The number of nitrogens with zero attached hydrogens (tertiary/aromatic N) is 1. The summed E-state index contributed by atoms with van der Waals surface area (Å²) in [6, 6.07) is 8.00. The standard InChI is InChI=1S/C16H21BrN2O/c1-10(16(2,3)4)9-13-14(15(18)20-19-13)11-7-5-6-8-12(11)17/h5-8,10H,9,18H2,1-4H3. The predicted molar refractivity (Wildman–Crippen MR) is 86.4 cm³/mol. The molecule has 0 saturated carbocycles. The quantitative estimate of drug-likeness (QED) is 0.866. The van der Waals surface area contributed by atoms with Gasteiger partial charge in [-0.25, -0.2) is 0 Å². The highest BCUT2D eigenvalue weighted by Crippen LogP contribution is 2.37. The first-order valence-corrected chi connectivity index (χ1v) is 7.59. The molecule has 0 aliphatic carbocycles. The molecule has 1 heterocycles. The van der Waals surface area contributed by atoms with Gasteiger partial charge in [0, 0.05) is 10.0 Å². The van der Waals surface area contributed by atoms with Crippen molar-refractivity contribution in [1.82, 2.24) is 5.16 Å². The van der Waals surface area contributed by atoms with Gasteiger partial charge in [0.2, 0.25) is 5.88 Å². The number of anilines is 1. The average molecular weight is 337 g/mol. The van der Waals surface area contributed by atoms with Gasteiger partial charge in [-0.2, -0.15) is 0 Å². The zero-order valence-corrected chi connectivity index (χ0v) is 14.0. The Morgan fingerprint density at radius 1 is 1.30 bits per heavy atom. The van der Waals surface area contributed by atoms with Crippen molar-refractivity contribution in [3.63, 3.8) is 0 Å². The van der Waals surface area contributed by atoms with Crippen LogP contribution in [-0.4, -0.2) is 5.16 Å². The molecule has 2 N–H and O–H groups in total. The number of nitrogen functional groups attached to an aromatic ring is 1. The molecule has 20 heavy (non-hydrogen) atoms. The van der Waals surface area contributed by atoms with Crippen molar-refractivity contribution < 1.29 is 4.52 Å². The van der Waals surface area contributed by atoms with Gasteiger partial charge in [-0.3, -0.25) is 0 Å². The van der Waals surface area contributed by atoms with Crippen LogP contribution in [0.2, 0.25) is 0 Å². The number of hydrogen-bond acceptors (Lipinski definition) is 3. The molecule has 0 saturated heterocycles. The summed E-state index contributed by atoms with van der Waals surface area (Å²) in [6.45, 7) is 8.94. The van der Waals surface area contributed by atoms with E-state index in [-0.39, 0.29) is 5.41 Å². The fourth-order valence-corrected chi connectivity index (χ4v) is 2.51. The van der Waals surface area contributed by atoms with Crippen molar-refractivity contribution in [3.8, 4) is 11.1 Å². The maximum Gasteiger partial charge on any atom is 0.230 e. The Bertz CT molecular complexity index is 599. The minimum absolute atomic E-state index is 0.221. The highest BCUT2D eigenvalue weighted by Gasteiger charge is 2.25. The first-order chi connectivity index (χ1) is 9.30. The molecule has 0 amide bonds. The summed E-state index contributed by atoms with van der Waals surface area (Å²) < 4.78 is 6.23. The maximum absolute atomic E-state index is 5.98. The Morgan fingerprint density at radius 3 is 2.55 bits per heavy atom. The SMILES string of the molecule is CC(Cc1noc(N)c1-c1ccccc1Br)C(C)(C)C. The summed E-state index contributed by atoms with van der Waals surface area (Å²) in [5.74, 6) is 0.862. The molecule has 0 spiro atoms. The Hall–Kier alpha value is -1.29. The Morgan fingerprint density at radius 2 is 1.95 bits per heavy atom. The molecule has 1 aromatic heterocycles. The van der Waals surface area contributed by atoms with E-state index in [1.807, 2.05) is 24.3 Å². The van der Waals surface area contributed by atoms with Crippen LogP contribution in [-0.2, 0) is 6.42 Å². The summed E-state index contributed by atoms with van der Waals surface area (Å²) in [7, 11) is 0. The van der Waals surface area contributed by atoms with Crippen LogP contribution in [0, 0.1) is 11.3 Å². The number of rotatable bonds is 3. The summed E-state index contributed by atoms with van der Waals surface area (Å²) >= 11 is 3.57. The lowest BCUT2D eigenvalue weighted by molar-refractivity contribution is 0.255. The minimum atomic E-state index is 0.221. The van der Waals surface area contributed by atoms with E-state index in [1.165, 1.54) is 0 Å². The van der Waals surface area contributed by atoms with E-state index >= 15 is 0 Å². The number of nitrogens with two attached hydrogens (primary N) is 1. The topological polar surface area (TPSA) is 52.0 Å². The van der Waals surface area contributed by atoms with Gasteiger partial charge in [-0.1, -0.05) is 67.0 Å². The van der Waals surface area contributed by atoms with E-state index in [0.717, 1.165) is 27.7 Å². The van der Waals surface area contributed by atoms with Crippen LogP contribution < -0.4 is 5.73 Å². The normalized spacial score (nSPS) is 13.4. The van der Waals surface area contributed by atoms with Crippen molar-refractivity contribution in [2.24, 2.45) is 11.3 Å². The van der Waals surface area contributed by atoms with Gasteiger partial charge >= 0.3 is 0 Å². The van der Waals surface area contributed by atoms with Crippen molar-refractivity contribution in [1.29, 1.82) is 0 Å². The van der Waals surface area contributed by atoms with Crippen molar-refractivity contribution in [2.75, 3.05) is 5.73 Å². The molecule has 2 rings (SSSR count). The van der Waals surface area contributed by atoms with Crippen molar-refractivity contribution in [2.45, 2.75) is 34.1 Å². The van der Waals surface area contributed by atoms with Crippen molar-refractivity contribution >= 4 is 21.8 Å². The average Bonchev–Trinajstić information content (AvgIpc) is 2.70. The molecule has 2 aromatic rings. The lowest BCUT2D eigenvalue weighted by Crippen LogP contribution is -2.19. The molecular formula is C16H21BrN2O. The molecule has 0 bridgehead atoms. The lowest BCUT2D eigenvalue weighted by Gasteiger charge is -2.26. The molecule has 0 radical (unpaired) electrons. The van der Waals surface area contributed by atoms with E-state index in [9.17, 15) is 0 Å². The van der Waals surface area contributed by atoms with Gasteiger partial charge in [0.1, 0.15) is 0 Å². The van der Waals surface area contributed by atoms with Gasteiger partial charge in [-0.15, -0.1) is 0 Å². The number of hydrogen-bond donors (Lipinski definition) is 1. The van der Waals surface area contributed by atoms with E-state index in [2.05, 4.69) is 48.8 Å². The molecule has 1 aromatic carbocycles. The Labute approximate surface area is 128 Å². The third-order valence-corrected chi connectivity index (χ3v) is 4.60. The zero-order valence-electron chi connectivity index (χ0n) is 12.4. The Kier molecular flexibility index (Phi) is 4.23.